The molecule has 1 amide bonds. The molecule has 0 unspecified atom stereocenters. The van der Waals surface area contributed by atoms with Crippen LogP contribution >= 0.6 is 23.7 Å². The van der Waals surface area contributed by atoms with Gasteiger partial charge in [-0.2, -0.15) is 0 Å². The van der Waals surface area contributed by atoms with E-state index in [1.54, 1.807) is 0 Å². The van der Waals surface area contributed by atoms with Gasteiger partial charge in [0.2, 0.25) is 26.2 Å². The summed E-state index contributed by atoms with van der Waals surface area (Å²) >= 11 is 0.950. The Morgan fingerprint density at radius 2 is 1.81 bits per heavy atom. The minimum absolute atomic E-state index is 0. The number of aromatic nitrogens is 2. The second-order valence-corrected chi connectivity index (χ2v) is 7.16. The van der Waals surface area contributed by atoms with E-state index in [4.69, 9.17) is 5.73 Å². The molecule has 1 aromatic heterocycles. The third-order valence-corrected chi connectivity index (χ3v) is 4.59. The van der Waals surface area contributed by atoms with Crippen molar-refractivity contribution in [3.8, 4) is 0 Å². The van der Waals surface area contributed by atoms with Gasteiger partial charge in [-0.05, 0) is 12.8 Å². The molecule has 0 atom stereocenters. The number of nitrogens with zero attached hydrogens (tertiary/aromatic N) is 2. The lowest BCUT2D eigenvalue weighted by atomic mass is 9.81. The number of nitrogens with one attached hydrogen (secondary N) is 2. The monoisotopic (exact) mass is 357 g/mol. The molecule has 0 radical (unpaired) electrons. The van der Waals surface area contributed by atoms with E-state index in [0.29, 0.717) is 12.8 Å². The molecule has 0 aliphatic rings. The van der Waals surface area contributed by atoms with Crippen LogP contribution < -0.4 is 15.8 Å². The number of anilines is 2. The molecule has 0 saturated heterocycles. The summed E-state index contributed by atoms with van der Waals surface area (Å²) in [6.07, 6.45) is 2.23. The lowest BCUT2D eigenvalue weighted by Crippen LogP contribution is -2.41. The van der Waals surface area contributed by atoms with Crippen LogP contribution in [0.15, 0.2) is 0 Å². The number of nitrogens with two attached hydrogens (primary N) is 1. The number of carbonyl (C=O) groups excluding carboxylic acids is 1. The van der Waals surface area contributed by atoms with Gasteiger partial charge in [-0.15, -0.1) is 22.6 Å². The van der Waals surface area contributed by atoms with Gasteiger partial charge in [-0.3, -0.25) is 14.8 Å². The Balaban J connectivity index is 0.00000400. The van der Waals surface area contributed by atoms with Gasteiger partial charge in [-0.1, -0.05) is 25.2 Å². The largest absolute Gasteiger partial charge is 0.329 e. The van der Waals surface area contributed by atoms with Gasteiger partial charge in [0.15, 0.2) is 0 Å². The molecule has 1 heterocycles. The van der Waals surface area contributed by atoms with Gasteiger partial charge in [0.25, 0.3) is 0 Å². The number of amides is 1. The molecule has 8 nitrogen and oxygen atoms in total. The van der Waals surface area contributed by atoms with Crippen molar-refractivity contribution in [2.45, 2.75) is 26.7 Å². The fraction of sp³-hybridized carbons (Fsp3) is 0.700. The van der Waals surface area contributed by atoms with Gasteiger partial charge in [0, 0.05) is 6.54 Å². The molecular formula is C10H20ClN5O3S2. The molecule has 0 bridgehead atoms. The molecule has 0 fully saturated rings. The SMILES string of the molecule is CCC(CC)(CN)C(=O)Nc1nnc(NS(C)(=O)=O)s1.Cl. The summed E-state index contributed by atoms with van der Waals surface area (Å²) in [6.45, 7) is 4.03. The van der Waals surface area contributed by atoms with Gasteiger partial charge in [0.1, 0.15) is 0 Å². The maximum absolute atomic E-state index is 12.2. The maximum atomic E-state index is 12.2. The third-order valence-electron chi connectivity index (χ3n) is 3.14. The summed E-state index contributed by atoms with van der Waals surface area (Å²) in [5.41, 5.74) is 5.04. The van der Waals surface area contributed by atoms with E-state index in [-0.39, 0.29) is 35.1 Å². The highest BCUT2D eigenvalue weighted by molar-refractivity contribution is 7.92. The first-order valence-corrected chi connectivity index (χ1v) is 8.80. The van der Waals surface area contributed by atoms with E-state index >= 15 is 0 Å². The molecule has 11 heteroatoms. The predicted molar refractivity (Wildman–Crippen MR) is 86.3 cm³/mol. The molecule has 122 valence electrons. The van der Waals surface area contributed by atoms with Crippen LogP contribution in [0.3, 0.4) is 0 Å². The lowest BCUT2D eigenvalue weighted by molar-refractivity contribution is -0.125. The molecule has 21 heavy (non-hydrogen) atoms. The van der Waals surface area contributed by atoms with E-state index in [0.717, 1.165) is 17.6 Å². The van der Waals surface area contributed by atoms with Crippen molar-refractivity contribution in [1.29, 1.82) is 0 Å². The van der Waals surface area contributed by atoms with E-state index in [1.807, 2.05) is 13.8 Å². The van der Waals surface area contributed by atoms with Crippen LogP contribution in [-0.4, -0.2) is 37.3 Å². The zero-order valence-electron chi connectivity index (χ0n) is 12.0. The van der Waals surface area contributed by atoms with Crippen LogP contribution in [0.2, 0.25) is 0 Å². The van der Waals surface area contributed by atoms with Crippen molar-refractivity contribution < 1.29 is 13.2 Å². The van der Waals surface area contributed by atoms with Crippen molar-refractivity contribution in [3.63, 3.8) is 0 Å². The molecule has 0 aromatic carbocycles. The lowest BCUT2D eigenvalue weighted by Gasteiger charge is -2.27. The van der Waals surface area contributed by atoms with Crippen LogP contribution in [0, 0.1) is 5.41 Å². The third kappa shape index (κ3) is 5.38. The fourth-order valence-corrected chi connectivity index (χ4v) is 3.12. The van der Waals surface area contributed by atoms with Crippen molar-refractivity contribution in [2.24, 2.45) is 11.1 Å². The molecule has 0 aliphatic heterocycles. The van der Waals surface area contributed by atoms with Crippen molar-refractivity contribution in [1.82, 2.24) is 10.2 Å². The van der Waals surface area contributed by atoms with E-state index in [1.165, 1.54) is 0 Å². The standard InChI is InChI=1S/C10H19N5O3S2.ClH/c1-4-10(5-2,6-11)7(16)12-8-13-14-9(19-8)15-20(3,17)18;/h4-6,11H2,1-3H3,(H,14,15)(H,12,13,16);1H. The summed E-state index contributed by atoms with van der Waals surface area (Å²) in [5, 5.41) is 10.3. The van der Waals surface area contributed by atoms with E-state index in [2.05, 4.69) is 20.2 Å². The Kier molecular flexibility index (Phi) is 7.51. The van der Waals surface area contributed by atoms with Crippen LogP contribution in [0.4, 0.5) is 10.3 Å². The number of hydrogen-bond donors (Lipinski definition) is 3. The summed E-state index contributed by atoms with van der Waals surface area (Å²) in [5.74, 6) is -0.230. The Labute approximate surface area is 134 Å². The molecular weight excluding hydrogens is 338 g/mol. The fourth-order valence-electron chi connectivity index (χ4n) is 1.66. The maximum Gasteiger partial charge on any atom is 0.233 e. The second-order valence-electron chi connectivity index (χ2n) is 4.43. The topological polar surface area (TPSA) is 127 Å². The molecule has 1 aromatic rings. The van der Waals surface area contributed by atoms with Crippen molar-refractivity contribution >= 4 is 49.9 Å². The van der Waals surface area contributed by atoms with Crippen molar-refractivity contribution in [3.05, 3.63) is 0 Å². The highest BCUT2D eigenvalue weighted by Gasteiger charge is 2.33. The normalized spacial score (nSPS) is 11.6. The van der Waals surface area contributed by atoms with Gasteiger partial charge in [0.05, 0.1) is 11.7 Å². The average molecular weight is 358 g/mol. The molecule has 0 saturated carbocycles. The molecule has 4 N–H and O–H groups in total. The number of carbonyl (C=O) groups is 1. The smallest absolute Gasteiger partial charge is 0.233 e. The molecule has 0 aliphatic carbocycles. The Bertz CT molecular complexity index is 563. The quantitative estimate of drug-likeness (QED) is 0.668. The summed E-state index contributed by atoms with van der Waals surface area (Å²) in [4.78, 5) is 12.2. The predicted octanol–water partition coefficient (Wildman–Crippen LogP) is 1.03. The Hall–Kier alpha value is -0.970. The zero-order valence-corrected chi connectivity index (χ0v) is 14.5. The zero-order chi connectivity index (χ0) is 15.4. The minimum atomic E-state index is -3.41. The highest BCUT2D eigenvalue weighted by atomic mass is 35.5. The van der Waals surface area contributed by atoms with Crippen molar-refractivity contribution in [2.75, 3.05) is 22.8 Å². The van der Waals surface area contributed by atoms with Crippen LogP contribution in [0.25, 0.3) is 0 Å². The second kappa shape index (κ2) is 7.87. The number of sulfonamides is 1. The van der Waals surface area contributed by atoms with Gasteiger partial charge in [-0.25, -0.2) is 8.42 Å². The van der Waals surface area contributed by atoms with Gasteiger partial charge >= 0.3 is 0 Å². The summed E-state index contributed by atoms with van der Waals surface area (Å²) < 4.78 is 24.3. The van der Waals surface area contributed by atoms with E-state index < -0.39 is 15.4 Å². The molecule has 0 spiro atoms. The van der Waals surface area contributed by atoms with Crippen LogP contribution in [0.5, 0.6) is 0 Å². The first-order valence-electron chi connectivity index (χ1n) is 6.09. The molecule has 1 rings (SSSR count). The number of hydrogen-bond acceptors (Lipinski definition) is 7. The Morgan fingerprint density at radius 3 is 2.24 bits per heavy atom. The summed E-state index contributed by atoms with van der Waals surface area (Å²) in [6, 6.07) is 0. The number of halogens is 1. The number of rotatable bonds is 7. The van der Waals surface area contributed by atoms with Crippen LogP contribution in [0.1, 0.15) is 26.7 Å². The minimum Gasteiger partial charge on any atom is -0.329 e. The summed E-state index contributed by atoms with van der Waals surface area (Å²) in [7, 11) is -3.41. The average Bonchev–Trinajstić information content (AvgIpc) is 2.77. The first-order chi connectivity index (χ1) is 9.26. The first kappa shape index (κ1) is 20.0. The van der Waals surface area contributed by atoms with Gasteiger partial charge < -0.3 is 5.73 Å². The Morgan fingerprint density at radius 1 is 1.29 bits per heavy atom. The van der Waals surface area contributed by atoms with E-state index in [9.17, 15) is 13.2 Å². The highest BCUT2D eigenvalue weighted by Crippen LogP contribution is 2.28. The van der Waals surface area contributed by atoms with Crippen LogP contribution in [-0.2, 0) is 14.8 Å².